The van der Waals surface area contributed by atoms with Crippen molar-refractivity contribution >= 4 is 23.5 Å². The van der Waals surface area contributed by atoms with Gasteiger partial charge in [-0.2, -0.15) is 0 Å². The van der Waals surface area contributed by atoms with Crippen LogP contribution in [0.2, 0.25) is 0 Å². The van der Waals surface area contributed by atoms with Crippen LogP contribution in [0.4, 0.5) is 5.69 Å². The molecule has 13 nitrogen and oxygen atoms in total. The van der Waals surface area contributed by atoms with Crippen molar-refractivity contribution in [1.29, 1.82) is 0 Å². The highest BCUT2D eigenvalue weighted by Gasteiger charge is 2.37. The Morgan fingerprint density at radius 1 is 1.00 bits per heavy atom. The quantitative estimate of drug-likeness (QED) is 0.199. The lowest BCUT2D eigenvalue weighted by Gasteiger charge is -2.41. The number of rotatable bonds is 14. The summed E-state index contributed by atoms with van der Waals surface area (Å²) >= 11 is 0. The zero-order chi connectivity index (χ0) is 40.0. The molecule has 0 spiro atoms. The van der Waals surface area contributed by atoms with Gasteiger partial charge in [0.1, 0.15) is 11.6 Å². The van der Waals surface area contributed by atoms with Gasteiger partial charge in [-0.3, -0.25) is 19.2 Å². The molecule has 1 aliphatic carbocycles. The third-order valence-corrected chi connectivity index (χ3v) is 9.73. The smallest absolute Gasteiger partial charge is 0.308 e. The Kier molecular flexibility index (Phi) is 14.0. The Bertz CT molecular complexity index is 1740. The Labute approximate surface area is 319 Å². The first-order chi connectivity index (χ1) is 25.4. The van der Waals surface area contributed by atoms with Crippen LogP contribution in [0.25, 0.3) is 11.1 Å². The Balaban J connectivity index is 1.60. The number of carbonyl (C=O) groups is 3. The molecule has 2 aromatic carbocycles. The maximum Gasteiger partial charge on any atom is 0.308 e. The highest BCUT2D eigenvalue weighted by molar-refractivity contribution is 5.86. The summed E-state index contributed by atoms with van der Waals surface area (Å²) in [6, 6.07) is 5.76. The average Bonchev–Trinajstić information content (AvgIpc) is 3.32. The Morgan fingerprint density at radius 2 is 1.69 bits per heavy atom. The van der Waals surface area contributed by atoms with E-state index in [2.05, 4.69) is 16.0 Å². The van der Waals surface area contributed by atoms with E-state index in [-0.39, 0.29) is 53.4 Å². The van der Waals surface area contributed by atoms with Crippen LogP contribution in [0.3, 0.4) is 0 Å². The molecule has 0 saturated carbocycles. The average molecular weight is 754 g/mol. The maximum atomic E-state index is 14.0. The van der Waals surface area contributed by atoms with Crippen LogP contribution in [-0.4, -0.2) is 75.3 Å². The molecule has 4 rings (SSSR count). The number of anilines is 1. The van der Waals surface area contributed by atoms with Crippen molar-refractivity contribution < 1.29 is 42.8 Å². The van der Waals surface area contributed by atoms with E-state index >= 15 is 0 Å². The summed E-state index contributed by atoms with van der Waals surface area (Å²) in [5, 5.41) is 9.33. The zero-order valence-corrected chi connectivity index (χ0v) is 33.7. The normalized spacial score (nSPS) is 20.2. The van der Waals surface area contributed by atoms with Gasteiger partial charge in [0.25, 0.3) is 0 Å². The number of carbonyl (C=O) groups excluding carboxylic acids is 3. The van der Waals surface area contributed by atoms with Gasteiger partial charge in [-0.15, -0.1) is 0 Å². The molecule has 1 aliphatic heterocycles. The Hall–Kier alpha value is -4.36. The molecular formula is C41H59N3O10. The van der Waals surface area contributed by atoms with Crippen molar-refractivity contribution in [3.8, 4) is 28.4 Å². The number of fused-ring (bicyclic) bond motifs is 3. The summed E-state index contributed by atoms with van der Waals surface area (Å²) in [7, 11) is 4.65. The highest BCUT2D eigenvalue weighted by atomic mass is 16.7. The first kappa shape index (κ1) is 42.4. The molecular weight excluding hydrogens is 694 g/mol. The van der Waals surface area contributed by atoms with Gasteiger partial charge in [0.05, 0.1) is 51.7 Å². The number of esters is 1. The summed E-state index contributed by atoms with van der Waals surface area (Å²) in [6.45, 7) is 14.8. The van der Waals surface area contributed by atoms with Crippen LogP contribution in [0.5, 0.6) is 17.2 Å². The van der Waals surface area contributed by atoms with Crippen molar-refractivity contribution in [2.24, 2.45) is 5.92 Å². The molecule has 1 saturated heterocycles. The minimum absolute atomic E-state index is 0.105. The monoisotopic (exact) mass is 753 g/mol. The molecule has 2 aromatic rings. The van der Waals surface area contributed by atoms with Crippen LogP contribution in [0.1, 0.15) is 105 Å². The van der Waals surface area contributed by atoms with Gasteiger partial charge in [-0.05, 0) is 94.7 Å². The number of amides is 2. The van der Waals surface area contributed by atoms with Crippen LogP contribution in [-0.2, 0) is 35.0 Å². The maximum absolute atomic E-state index is 14.0. The molecule has 0 radical (unpaired) electrons. The van der Waals surface area contributed by atoms with E-state index in [0.717, 1.165) is 11.1 Å². The summed E-state index contributed by atoms with van der Waals surface area (Å²) in [5.74, 6) is -0.481. The largest absolute Gasteiger partial charge is 0.493 e. The number of methoxy groups -OCH3 is 3. The summed E-state index contributed by atoms with van der Waals surface area (Å²) in [6.07, 6.45) is 2.21. The number of nitrogens with one attached hydrogen (secondary N) is 3. The first-order valence-electron chi connectivity index (χ1n) is 18.8. The predicted molar refractivity (Wildman–Crippen MR) is 206 cm³/mol. The van der Waals surface area contributed by atoms with Gasteiger partial charge in [0.15, 0.2) is 17.3 Å². The summed E-state index contributed by atoms with van der Waals surface area (Å²) in [4.78, 5) is 52.7. The van der Waals surface area contributed by atoms with E-state index in [4.69, 9.17) is 28.4 Å². The number of aryl methyl sites for hydroxylation is 1. The van der Waals surface area contributed by atoms with Crippen LogP contribution in [0, 0.1) is 5.92 Å². The predicted octanol–water partition coefficient (Wildman–Crippen LogP) is 5.84. The van der Waals surface area contributed by atoms with Crippen LogP contribution in [0.15, 0.2) is 29.1 Å². The van der Waals surface area contributed by atoms with Crippen LogP contribution >= 0.6 is 0 Å². The molecule has 1 heterocycles. The van der Waals surface area contributed by atoms with Gasteiger partial charge in [0.2, 0.25) is 23.0 Å². The second kappa shape index (κ2) is 17.9. The van der Waals surface area contributed by atoms with E-state index in [1.165, 1.54) is 20.1 Å². The van der Waals surface area contributed by atoms with Gasteiger partial charge in [-0.25, -0.2) is 0 Å². The highest BCUT2D eigenvalue weighted by Crippen LogP contribution is 2.50. The minimum atomic E-state index is -0.910. The van der Waals surface area contributed by atoms with Gasteiger partial charge >= 0.3 is 5.97 Å². The van der Waals surface area contributed by atoms with Crippen molar-refractivity contribution in [3.05, 3.63) is 45.6 Å². The van der Waals surface area contributed by atoms with E-state index in [1.54, 1.807) is 20.3 Å². The first-order valence-corrected chi connectivity index (χ1v) is 18.8. The lowest BCUT2D eigenvalue weighted by molar-refractivity contribution is -0.300. The van der Waals surface area contributed by atoms with E-state index in [9.17, 15) is 19.2 Å². The van der Waals surface area contributed by atoms with Crippen molar-refractivity contribution in [2.75, 3.05) is 33.2 Å². The Morgan fingerprint density at radius 3 is 2.30 bits per heavy atom. The number of hydrogen-bond acceptors (Lipinski definition) is 11. The lowest BCUT2D eigenvalue weighted by atomic mass is 9.95. The molecule has 0 unspecified atom stereocenters. The number of ether oxygens (including phenoxy) is 6. The fourth-order valence-corrected chi connectivity index (χ4v) is 7.25. The summed E-state index contributed by atoms with van der Waals surface area (Å²) < 4.78 is 34.9. The molecule has 1 fully saturated rings. The molecule has 0 bridgehead atoms. The van der Waals surface area contributed by atoms with Crippen molar-refractivity contribution in [1.82, 2.24) is 10.6 Å². The van der Waals surface area contributed by atoms with Crippen molar-refractivity contribution in [2.45, 2.75) is 130 Å². The number of benzene rings is 1. The SMILES string of the molecule is CC[C@@H](C)[C@H](Nc1ccc2c(cc1=O)[C@@H](NC(C)=O)CCc1cc(OC)c(OC)c(OC)c1-2)C(=O)NCC[C@@H]1C[C@H](CC(=O)OC(C)(C)C)OC(C)(C)O1. The van der Waals surface area contributed by atoms with Gasteiger partial charge in [0, 0.05) is 25.5 Å². The molecule has 3 N–H and O–H groups in total. The standard InChI is InChI=1S/C41H59N3O10/c1-12-23(2)36(39(48)42-18-17-26-20-27(53-41(7,8)52-26)21-34(47)54-40(4,5)6)44-31-16-14-28-29(22-32(31)46)30(43-24(3)45)15-13-25-19-33(49-9)37(50-10)38(51-11)35(25)28/h14,16,19,22-23,26-27,30,36H,12-13,15,17-18,20-21H2,1-11H3,(H,42,48)(H,43,45)(H,44,46)/t23-,26-,27-,30+,36+/m1/s1. The second-order valence-corrected chi connectivity index (χ2v) is 15.6. The fourth-order valence-electron chi connectivity index (χ4n) is 7.25. The van der Waals surface area contributed by atoms with E-state index in [1.807, 2.05) is 60.6 Å². The minimum Gasteiger partial charge on any atom is -0.493 e. The topological polar surface area (TPSA) is 160 Å². The van der Waals surface area contributed by atoms with Gasteiger partial charge < -0.3 is 44.4 Å². The molecule has 298 valence electrons. The lowest BCUT2D eigenvalue weighted by Crippen LogP contribution is -2.48. The van der Waals surface area contributed by atoms with Crippen LogP contribution < -0.4 is 35.6 Å². The fraction of sp³-hybridized carbons (Fsp3) is 0.610. The molecule has 2 amide bonds. The second-order valence-electron chi connectivity index (χ2n) is 15.6. The number of hydrogen-bond donors (Lipinski definition) is 3. The third kappa shape index (κ3) is 10.7. The molecule has 2 aliphatic rings. The molecule has 54 heavy (non-hydrogen) atoms. The molecule has 0 aromatic heterocycles. The third-order valence-electron chi connectivity index (χ3n) is 9.73. The molecule has 5 atom stereocenters. The van der Waals surface area contributed by atoms with E-state index < -0.39 is 23.5 Å². The molecule has 13 heteroatoms. The van der Waals surface area contributed by atoms with Crippen molar-refractivity contribution in [3.63, 3.8) is 0 Å². The van der Waals surface area contributed by atoms with Gasteiger partial charge in [-0.1, -0.05) is 26.3 Å². The zero-order valence-electron chi connectivity index (χ0n) is 33.7. The summed E-state index contributed by atoms with van der Waals surface area (Å²) in [5.41, 5.74) is 2.29. The van der Waals surface area contributed by atoms with E-state index in [0.29, 0.717) is 67.0 Å².